The summed E-state index contributed by atoms with van der Waals surface area (Å²) >= 11 is 0. The second kappa shape index (κ2) is 5.00. The minimum Gasteiger partial charge on any atom is -0.427 e. The molecule has 0 aromatic carbocycles. The van der Waals surface area contributed by atoms with E-state index >= 15 is 0 Å². The third-order valence-corrected chi connectivity index (χ3v) is 4.09. The molecule has 18 heavy (non-hydrogen) atoms. The van der Waals surface area contributed by atoms with Gasteiger partial charge in [0.15, 0.2) is 0 Å². The van der Waals surface area contributed by atoms with E-state index < -0.39 is 0 Å². The van der Waals surface area contributed by atoms with Gasteiger partial charge in [-0.3, -0.25) is 0 Å². The first-order valence-corrected chi connectivity index (χ1v) is 6.50. The van der Waals surface area contributed by atoms with Crippen molar-refractivity contribution in [2.75, 3.05) is 20.2 Å². The quantitative estimate of drug-likeness (QED) is 0.709. The minimum absolute atomic E-state index is 0.195. The maximum Gasteiger partial charge on any atom is 0.490 e. The smallest absolute Gasteiger partial charge is 0.427 e. The molecule has 2 aliphatic heterocycles. The van der Waals surface area contributed by atoms with Gasteiger partial charge in [0.1, 0.15) is 0 Å². The highest BCUT2D eigenvalue weighted by molar-refractivity contribution is 6.54. The van der Waals surface area contributed by atoms with E-state index in [2.05, 4.69) is 38.6 Å². The van der Waals surface area contributed by atoms with E-state index in [9.17, 15) is 0 Å². The van der Waals surface area contributed by atoms with Crippen molar-refractivity contribution in [3.63, 3.8) is 0 Å². The monoisotopic (exact) mass is 250 g/mol. The van der Waals surface area contributed by atoms with Crippen LogP contribution in [-0.4, -0.2) is 50.9 Å². The molecule has 0 unspecified atom stereocenters. The Kier molecular flexibility index (Phi) is 3.93. The SMILES string of the molecule is CO[B]N1CC=C(B2OC(C)(C)C(C)(C)O2)CC1. The zero-order valence-electron chi connectivity index (χ0n) is 12.0. The van der Waals surface area contributed by atoms with Crippen molar-refractivity contribution in [2.24, 2.45) is 0 Å². The van der Waals surface area contributed by atoms with Crippen LogP contribution in [0.5, 0.6) is 0 Å². The highest BCUT2D eigenvalue weighted by Gasteiger charge is 2.52. The van der Waals surface area contributed by atoms with E-state index in [4.69, 9.17) is 14.0 Å². The second-order valence-electron chi connectivity index (χ2n) is 5.95. The molecule has 6 heteroatoms. The molecule has 1 saturated heterocycles. The number of rotatable bonds is 3. The van der Waals surface area contributed by atoms with Crippen molar-refractivity contribution in [3.8, 4) is 0 Å². The summed E-state index contributed by atoms with van der Waals surface area (Å²) in [6.45, 7) is 10.1. The van der Waals surface area contributed by atoms with Crippen LogP contribution in [0.2, 0.25) is 0 Å². The molecular weight excluding hydrogens is 228 g/mol. The Bertz CT molecular complexity index is 328. The molecule has 2 rings (SSSR count). The van der Waals surface area contributed by atoms with Crippen LogP contribution in [0.1, 0.15) is 34.1 Å². The highest BCUT2D eigenvalue weighted by atomic mass is 16.7. The Morgan fingerprint density at radius 1 is 1.28 bits per heavy atom. The average Bonchev–Trinajstić information content (AvgIpc) is 2.50. The highest BCUT2D eigenvalue weighted by Crippen LogP contribution is 2.39. The molecule has 2 aliphatic rings. The Morgan fingerprint density at radius 2 is 1.89 bits per heavy atom. The molecule has 0 N–H and O–H groups in total. The van der Waals surface area contributed by atoms with Crippen LogP contribution in [0.15, 0.2) is 11.5 Å². The van der Waals surface area contributed by atoms with Crippen LogP contribution in [0.3, 0.4) is 0 Å². The normalized spacial score (nSPS) is 27.2. The van der Waals surface area contributed by atoms with Gasteiger partial charge < -0.3 is 18.8 Å². The van der Waals surface area contributed by atoms with Crippen molar-refractivity contribution < 1.29 is 14.0 Å². The summed E-state index contributed by atoms with van der Waals surface area (Å²) in [5, 5.41) is 0. The van der Waals surface area contributed by atoms with Gasteiger partial charge in [0.25, 0.3) is 0 Å². The lowest BCUT2D eigenvalue weighted by atomic mass is 9.74. The van der Waals surface area contributed by atoms with Gasteiger partial charge in [0.05, 0.1) is 11.2 Å². The first-order valence-electron chi connectivity index (χ1n) is 6.50. The first-order chi connectivity index (χ1) is 8.36. The Labute approximate surface area is 111 Å². The van der Waals surface area contributed by atoms with E-state index in [1.54, 1.807) is 14.7 Å². The third kappa shape index (κ3) is 2.67. The van der Waals surface area contributed by atoms with Crippen LogP contribution >= 0.6 is 0 Å². The molecule has 0 atom stereocenters. The maximum atomic E-state index is 6.05. The zero-order chi connectivity index (χ0) is 13.4. The molecule has 99 valence electrons. The maximum absolute atomic E-state index is 6.05. The fourth-order valence-corrected chi connectivity index (χ4v) is 2.15. The van der Waals surface area contributed by atoms with Gasteiger partial charge in [-0.1, -0.05) is 6.08 Å². The van der Waals surface area contributed by atoms with Crippen molar-refractivity contribution in [1.29, 1.82) is 0 Å². The molecule has 0 aromatic heterocycles. The molecule has 0 aromatic rings. The third-order valence-electron chi connectivity index (χ3n) is 4.09. The minimum atomic E-state index is -0.256. The standard InChI is InChI=1S/C12H22B2NO3/c1-11(2)12(3,4)18-14(17-11)10-6-8-15(9-7-10)13-16-5/h6H,7-9H2,1-5H3. The lowest BCUT2D eigenvalue weighted by Crippen LogP contribution is -2.41. The van der Waals surface area contributed by atoms with Crippen molar-refractivity contribution in [1.82, 2.24) is 4.81 Å². The zero-order valence-corrected chi connectivity index (χ0v) is 12.0. The van der Waals surface area contributed by atoms with Gasteiger partial charge in [0, 0.05) is 13.7 Å². The lowest BCUT2D eigenvalue weighted by molar-refractivity contribution is 0.00578. The van der Waals surface area contributed by atoms with Gasteiger partial charge >= 0.3 is 14.7 Å². The number of hydrogen-bond donors (Lipinski definition) is 0. The molecule has 0 bridgehead atoms. The fraction of sp³-hybridized carbons (Fsp3) is 0.833. The van der Waals surface area contributed by atoms with Gasteiger partial charge in [0.2, 0.25) is 0 Å². The Morgan fingerprint density at radius 3 is 2.33 bits per heavy atom. The van der Waals surface area contributed by atoms with Crippen molar-refractivity contribution in [3.05, 3.63) is 11.5 Å². The Balaban J connectivity index is 1.99. The van der Waals surface area contributed by atoms with Gasteiger partial charge in [-0.2, -0.15) is 0 Å². The summed E-state index contributed by atoms with van der Waals surface area (Å²) in [5.74, 6) is 0. The summed E-state index contributed by atoms with van der Waals surface area (Å²) in [4.78, 5) is 2.13. The molecule has 0 aliphatic carbocycles. The number of nitrogens with zero attached hydrogens (tertiary/aromatic N) is 1. The predicted molar refractivity (Wildman–Crippen MR) is 73.1 cm³/mol. The molecule has 2 heterocycles. The van der Waals surface area contributed by atoms with E-state index in [-0.39, 0.29) is 18.3 Å². The largest absolute Gasteiger partial charge is 0.490 e. The van der Waals surface area contributed by atoms with E-state index in [0.717, 1.165) is 19.5 Å². The molecule has 1 fully saturated rings. The summed E-state index contributed by atoms with van der Waals surface area (Å²) in [5.41, 5.74) is 0.733. The summed E-state index contributed by atoms with van der Waals surface area (Å²) in [6.07, 6.45) is 3.14. The molecule has 0 amide bonds. The van der Waals surface area contributed by atoms with Crippen molar-refractivity contribution in [2.45, 2.75) is 45.3 Å². The predicted octanol–water partition coefficient (Wildman–Crippen LogP) is 1.43. The van der Waals surface area contributed by atoms with E-state index in [0.29, 0.717) is 0 Å². The molecule has 0 spiro atoms. The summed E-state index contributed by atoms with van der Waals surface area (Å²) in [7, 11) is 3.24. The Hall–Kier alpha value is -0.290. The van der Waals surface area contributed by atoms with Gasteiger partial charge in [-0.25, -0.2) is 0 Å². The summed E-state index contributed by atoms with van der Waals surface area (Å²) in [6, 6.07) is 0. The first kappa shape index (κ1) is 14.1. The van der Waals surface area contributed by atoms with Crippen LogP contribution < -0.4 is 0 Å². The van der Waals surface area contributed by atoms with Gasteiger partial charge in [-0.05, 0) is 46.1 Å². The average molecular weight is 250 g/mol. The number of hydrogen-bond acceptors (Lipinski definition) is 4. The molecule has 1 radical (unpaired) electrons. The van der Waals surface area contributed by atoms with Crippen LogP contribution in [0, 0.1) is 0 Å². The van der Waals surface area contributed by atoms with E-state index in [1.165, 1.54) is 5.47 Å². The molecule has 4 nitrogen and oxygen atoms in total. The van der Waals surface area contributed by atoms with Gasteiger partial charge in [-0.15, -0.1) is 0 Å². The fourth-order valence-electron chi connectivity index (χ4n) is 2.15. The molecule has 0 saturated carbocycles. The van der Waals surface area contributed by atoms with E-state index in [1.807, 2.05) is 0 Å². The van der Waals surface area contributed by atoms with Crippen LogP contribution in [0.25, 0.3) is 0 Å². The lowest BCUT2D eigenvalue weighted by Gasteiger charge is -2.32. The summed E-state index contributed by atoms with van der Waals surface area (Å²) < 4.78 is 17.1. The van der Waals surface area contributed by atoms with Crippen LogP contribution in [-0.2, 0) is 14.0 Å². The van der Waals surface area contributed by atoms with Crippen molar-refractivity contribution >= 4 is 14.7 Å². The topological polar surface area (TPSA) is 30.9 Å². The van der Waals surface area contributed by atoms with Crippen LogP contribution in [0.4, 0.5) is 0 Å². The molecular formula is C12H22B2NO3. The second-order valence-corrected chi connectivity index (χ2v) is 5.95.